The van der Waals surface area contributed by atoms with E-state index in [0.29, 0.717) is 17.8 Å². The minimum atomic E-state index is 0.529. The lowest BCUT2D eigenvalue weighted by Crippen LogP contribution is -2.32. The van der Waals surface area contributed by atoms with Crippen molar-refractivity contribution in [1.82, 2.24) is 10.3 Å². The molecule has 0 amide bonds. The van der Waals surface area contributed by atoms with Gasteiger partial charge >= 0.3 is 0 Å². The number of hydrazone groups is 1. The van der Waals surface area contributed by atoms with Crippen molar-refractivity contribution in [2.45, 2.75) is 76.5 Å². The van der Waals surface area contributed by atoms with E-state index in [0.717, 1.165) is 49.6 Å². The van der Waals surface area contributed by atoms with Crippen molar-refractivity contribution in [3.8, 4) is 6.07 Å². The number of aliphatic imine (C=N–C) groups is 1. The zero-order chi connectivity index (χ0) is 26.5. The van der Waals surface area contributed by atoms with Gasteiger partial charge in [-0.15, -0.1) is 0 Å². The van der Waals surface area contributed by atoms with Crippen LogP contribution in [-0.4, -0.2) is 37.1 Å². The van der Waals surface area contributed by atoms with E-state index in [1.165, 1.54) is 72.8 Å². The quantitative estimate of drug-likeness (QED) is 0.235. The summed E-state index contributed by atoms with van der Waals surface area (Å²) in [6.07, 6.45) is 11.2. The highest BCUT2D eigenvalue weighted by Gasteiger charge is 2.28. The summed E-state index contributed by atoms with van der Waals surface area (Å²) in [6, 6.07) is 15.1. The Morgan fingerprint density at radius 1 is 0.974 bits per heavy atom. The summed E-state index contributed by atoms with van der Waals surface area (Å²) in [5, 5.41) is 13.2. The standard InChI is InChI=1S/C33H41N5/c1-23-19-31(29-9-6-10-29)32(33(37-35-3)36-22-26-7-4-5-8-26)20-30(23)24(2)38-17-15-28(16-18-38)27-13-11-25(21-34)12-14-27/h11-14,19-20,26,28-29H,2-10,15-18,22H2,1H3,(H,36,37). The number of hydrogen-bond donors (Lipinski definition) is 1. The highest BCUT2D eigenvalue weighted by molar-refractivity contribution is 6.01. The third-order valence-corrected chi connectivity index (χ3v) is 9.06. The van der Waals surface area contributed by atoms with Gasteiger partial charge in [0.1, 0.15) is 5.84 Å². The molecule has 2 saturated carbocycles. The summed E-state index contributed by atoms with van der Waals surface area (Å²) in [7, 11) is 0. The van der Waals surface area contributed by atoms with Crippen LogP contribution in [0.1, 0.15) is 103 Å². The van der Waals surface area contributed by atoms with Gasteiger partial charge in [-0.3, -0.25) is 10.4 Å². The van der Waals surface area contributed by atoms with Gasteiger partial charge in [0, 0.05) is 43.2 Å². The number of nitrogens with zero attached hydrogens (tertiary/aromatic N) is 4. The fourth-order valence-electron chi connectivity index (χ4n) is 6.46. The summed E-state index contributed by atoms with van der Waals surface area (Å²) >= 11 is 0. The van der Waals surface area contributed by atoms with Crippen molar-refractivity contribution in [2.75, 3.05) is 19.6 Å². The van der Waals surface area contributed by atoms with Crippen LogP contribution < -0.4 is 5.43 Å². The Kier molecular flexibility index (Phi) is 8.27. The molecular weight excluding hydrogens is 466 g/mol. The average molecular weight is 508 g/mol. The summed E-state index contributed by atoms with van der Waals surface area (Å²) in [5.74, 6) is 2.67. The summed E-state index contributed by atoms with van der Waals surface area (Å²) in [4.78, 5) is 7.52. The molecule has 0 unspecified atom stereocenters. The normalized spacial score (nSPS) is 19.2. The van der Waals surface area contributed by atoms with Gasteiger partial charge in [0.05, 0.1) is 11.6 Å². The summed E-state index contributed by atoms with van der Waals surface area (Å²) in [5.41, 5.74) is 11.4. The van der Waals surface area contributed by atoms with E-state index in [-0.39, 0.29) is 0 Å². The van der Waals surface area contributed by atoms with Crippen LogP contribution >= 0.6 is 0 Å². The Morgan fingerprint density at radius 3 is 2.29 bits per heavy atom. The van der Waals surface area contributed by atoms with Gasteiger partial charge in [0.25, 0.3) is 0 Å². The molecular formula is C33H41N5. The van der Waals surface area contributed by atoms with Gasteiger partial charge in [-0.1, -0.05) is 44.0 Å². The van der Waals surface area contributed by atoms with Crippen LogP contribution in [0, 0.1) is 24.2 Å². The van der Waals surface area contributed by atoms with Gasteiger partial charge in [0.15, 0.2) is 0 Å². The average Bonchev–Trinajstić information content (AvgIpc) is 3.44. The maximum Gasteiger partial charge on any atom is 0.149 e. The van der Waals surface area contributed by atoms with Crippen LogP contribution in [0.2, 0.25) is 0 Å². The van der Waals surface area contributed by atoms with E-state index < -0.39 is 0 Å². The Hall–Kier alpha value is -3.39. The van der Waals surface area contributed by atoms with Crippen molar-refractivity contribution >= 4 is 18.3 Å². The Morgan fingerprint density at radius 2 is 1.68 bits per heavy atom. The fraction of sp³-hybridized carbons (Fsp3) is 0.485. The first-order valence-electron chi connectivity index (χ1n) is 14.4. The molecule has 5 heteroatoms. The largest absolute Gasteiger partial charge is 0.371 e. The van der Waals surface area contributed by atoms with E-state index in [2.05, 4.69) is 66.0 Å². The highest BCUT2D eigenvalue weighted by Crippen LogP contribution is 2.41. The minimum Gasteiger partial charge on any atom is -0.371 e. The van der Waals surface area contributed by atoms with Crippen LogP contribution in [0.5, 0.6) is 0 Å². The van der Waals surface area contributed by atoms with Gasteiger partial charge < -0.3 is 4.90 Å². The number of nitrogens with one attached hydrogen (secondary N) is 1. The first kappa shape index (κ1) is 26.2. The van der Waals surface area contributed by atoms with E-state index in [4.69, 9.17) is 10.3 Å². The lowest BCUT2D eigenvalue weighted by molar-refractivity contribution is 0.299. The van der Waals surface area contributed by atoms with Crippen LogP contribution in [0.25, 0.3) is 5.70 Å². The Balaban J connectivity index is 1.37. The third-order valence-electron chi connectivity index (χ3n) is 9.06. The molecule has 5 nitrogen and oxygen atoms in total. The van der Waals surface area contributed by atoms with Crippen LogP contribution in [0.4, 0.5) is 0 Å². The van der Waals surface area contributed by atoms with Crippen molar-refractivity contribution in [2.24, 2.45) is 16.0 Å². The number of hydrogen-bond acceptors (Lipinski definition) is 4. The Labute approximate surface area is 228 Å². The number of benzene rings is 2. The van der Waals surface area contributed by atoms with Crippen LogP contribution in [0.15, 0.2) is 53.1 Å². The molecule has 5 rings (SSSR count). The minimum absolute atomic E-state index is 0.529. The third kappa shape index (κ3) is 5.70. The molecule has 0 radical (unpaired) electrons. The van der Waals surface area contributed by atoms with Crippen molar-refractivity contribution in [1.29, 1.82) is 5.26 Å². The smallest absolute Gasteiger partial charge is 0.149 e. The first-order chi connectivity index (χ1) is 18.6. The molecule has 3 aliphatic rings. The second-order valence-corrected chi connectivity index (χ2v) is 11.4. The summed E-state index contributed by atoms with van der Waals surface area (Å²) in [6.45, 7) is 13.4. The predicted molar refractivity (Wildman–Crippen MR) is 158 cm³/mol. The Bertz CT molecular complexity index is 1220. The van der Waals surface area contributed by atoms with Crippen LogP contribution in [0.3, 0.4) is 0 Å². The van der Waals surface area contributed by atoms with Crippen LogP contribution in [-0.2, 0) is 0 Å². The zero-order valence-corrected chi connectivity index (χ0v) is 22.9. The molecule has 1 aliphatic heterocycles. The maximum atomic E-state index is 9.11. The monoisotopic (exact) mass is 507 g/mol. The molecule has 2 aliphatic carbocycles. The molecule has 198 valence electrons. The van der Waals surface area contributed by atoms with Crippen molar-refractivity contribution < 1.29 is 0 Å². The predicted octanol–water partition coefficient (Wildman–Crippen LogP) is 7.13. The van der Waals surface area contributed by atoms with Gasteiger partial charge in [0.2, 0.25) is 0 Å². The molecule has 0 aromatic heterocycles. The number of likely N-dealkylation sites (tertiary alicyclic amines) is 1. The second kappa shape index (κ2) is 12.0. The molecule has 1 heterocycles. The molecule has 3 fully saturated rings. The van der Waals surface area contributed by atoms with Crippen molar-refractivity contribution in [3.63, 3.8) is 0 Å². The molecule has 1 saturated heterocycles. The van der Waals surface area contributed by atoms with Gasteiger partial charge in [-0.25, -0.2) is 0 Å². The van der Waals surface area contributed by atoms with E-state index >= 15 is 0 Å². The number of aryl methyl sites for hydroxylation is 1. The number of amidine groups is 1. The zero-order valence-electron chi connectivity index (χ0n) is 22.9. The van der Waals surface area contributed by atoms with E-state index in [1.54, 1.807) is 0 Å². The van der Waals surface area contributed by atoms with E-state index in [1.807, 2.05) is 12.1 Å². The van der Waals surface area contributed by atoms with Gasteiger partial charge in [-0.05, 0) is 98.1 Å². The lowest BCUT2D eigenvalue weighted by atomic mass is 9.76. The van der Waals surface area contributed by atoms with Gasteiger partial charge in [-0.2, -0.15) is 10.4 Å². The summed E-state index contributed by atoms with van der Waals surface area (Å²) < 4.78 is 0. The van der Waals surface area contributed by atoms with Crippen molar-refractivity contribution in [3.05, 3.63) is 76.4 Å². The molecule has 0 atom stereocenters. The lowest BCUT2D eigenvalue weighted by Gasteiger charge is -2.36. The van der Waals surface area contributed by atoms with E-state index in [9.17, 15) is 0 Å². The number of rotatable bonds is 8. The number of piperidine rings is 1. The first-order valence-corrected chi connectivity index (χ1v) is 14.4. The fourth-order valence-corrected chi connectivity index (χ4v) is 6.46. The molecule has 2 aromatic carbocycles. The molecule has 38 heavy (non-hydrogen) atoms. The SMILES string of the molecule is C=NNC(=NCC1CCCC1)c1cc(C(=C)N2CCC(c3ccc(C#N)cc3)CC2)c(C)cc1C1CCC1. The number of nitriles is 1. The topological polar surface area (TPSA) is 63.8 Å². The maximum absolute atomic E-state index is 9.11. The molecule has 1 N–H and O–H groups in total. The molecule has 2 aromatic rings. The second-order valence-electron chi connectivity index (χ2n) is 11.4. The highest BCUT2D eigenvalue weighted by atomic mass is 15.3. The molecule has 0 spiro atoms. The molecule has 0 bridgehead atoms.